The fourth-order valence-corrected chi connectivity index (χ4v) is 16.3. The van der Waals surface area contributed by atoms with Crippen LogP contribution in [0.15, 0.2) is 161 Å². The lowest BCUT2D eigenvalue weighted by molar-refractivity contribution is -0.0443. The van der Waals surface area contributed by atoms with Crippen LogP contribution in [0.3, 0.4) is 0 Å². The van der Waals surface area contributed by atoms with Gasteiger partial charge in [-0.3, -0.25) is 0 Å². The molecule has 7 aromatic rings. The number of rotatable bonds is 5. The first-order valence-electron chi connectivity index (χ1n) is 24.7. The summed E-state index contributed by atoms with van der Waals surface area (Å²) >= 11 is 2.06. The highest BCUT2D eigenvalue weighted by Gasteiger charge is 2.61. The van der Waals surface area contributed by atoms with Crippen LogP contribution in [0.2, 0.25) is 0 Å². The predicted octanol–water partition coefficient (Wildman–Crippen LogP) is 17.4. The SMILES string of the molecule is CC1(C)CCC(C)(C)c2cc(N(c3ccc4c(c3)C(C)(C)c3ccccc3-4)c3c(-c4ccccc4)cc4c(c3-c3ccccc3)Sc3ccccc3C43C4CC5CC(C4)CC3C5)ccc21. The minimum atomic E-state index is -0.138. The summed E-state index contributed by atoms with van der Waals surface area (Å²) < 4.78 is 0. The van der Waals surface area contributed by atoms with Gasteiger partial charge < -0.3 is 4.90 Å². The molecule has 324 valence electrons. The van der Waals surface area contributed by atoms with Crippen LogP contribution >= 0.6 is 11.8 Å². The van der Waals surface area contributed by atoms with Gasteiger partial charge in [0.1, 0.15) is 0 Å². The van der Waals surface area contributed by atoms with E-state index in [1.54, 1.807) is 11.1 Å². The fraction of sp³-hybridized carbons (Fsp3) is 0.333. The Bertz CT molecular complexity index is 3030. The van der Waals surface area contributed by atoms with Crippen molar-refractivity contribution in [3.63, 3.8) is 0 Å². The van der Waals surface area contributed by atoms with Gasteiger partial charge in [0.05, 0.1) is 5.69 Å². The molecule has 1 spiro atoms. The van der Waals surface area contributed by atoms with Gasteiger partial charge in [-0.2, -0.15) is 0 Å². The Kier molecular flexibility index (Phi) is 8.68. The zero-order chi connectivity index (χ0) is 44.0. The van der Waals surface area contributed by atoms with Crippen LogP contribution in [0, 0.1) is 23.7 Å². The van der Waals surface area contributed by atoms with Crippen LogP contribution < -0.4 is 4.90 Å². The Morgan fingerprint density at radius 2 is 1.00 bits per heavy atom. The van der Waals surface area contributed by atoms with Crippen LogP contribution in [-0.2, 0) is 21.7 Å². The zero-order valence-electron chi connectivity index (χ0n) is 39.0. The Morgan fingerprint density at radius 1 is 0.446 bits per heavy atom. The summed E-state index contributed by atoms with van der Waals surface area (Å²) in [6.07, 6.45) is 9.24. The summed E-state index contributed by atoms with van der Waals surface area (Å²) in [4.78, 5) is 5.65. The van der Waals surface area contributed by atoms with E-state index in [9.17, 15) is 0 Å². The molecule has 6 aliphatic carbocycles. The van der Waals surface area contributed by atoms with E-state index < -0.39 is 0 Å². The van der Waals surface area contributed by atoms with Crippen molar-refractivity contribution in [2.45, 2.75) is 118 Å². The van der Waals surface area contributed by atoms with Crippen molar-refractivity contribution in [2.24, 2.45) is 23.7 Å². The summed E-state index contributed by atoms with van der Waals surface area (Å²) in [5.41, 5.74) is 20.8. The number of hydrogen-bond acceptors (Lipinski definition) is 2. The summed E-state index contributed by atoms with van der Waals surface area (Å²) in [7, 11) is 0. The van der Waals surface area contributed by atoms with Crippen molar-refractivity contribution >= 4 is 28.8 Å². The number of hydrogen-bond donors (Lipinski definition) is 0. The molecule has 0 aromatic heterocycles. The van der Waals surface area contributed by atoms with Crippen molar-refractivity contribution in [1.29, 1.82) is 0 Å². The smallest absolute Gasteiger partial charge is 0.0630 e. The second-order valence-electron chi connectivity index (χ2n) is 22.8. The summed E-state index contributed by atoms with van der Waals surface area (Å²) in [5.74, 6) is 3.05. The third kappa shape index (κ3) is 5.71. The van der Waals surface area contributed by atoms with E-state index in [4.69, 9.17) is 0 Å². The molecule has 0 N–H and O–H groups in total. The molecule has 1 aliphatic heterocycles. The first kappa shape index (κ1) is 40.0. The summed E-state index contributed by atoms with van der Waals surface area (Å²) in [6, 6.07) is 59.5. The molecule has 7 aliphatic rings. The predicted molar refractivity (Wildman–Crippen MR) is 273 cm³/mol. The van der Waals surface area contributed by atoms with Crippen molar-refractivity contribution in [3.05, 3.63) is 185 Å². The van der Waals surface area contributed by atoms with Gasteiger partial charge in [-0.05, 0) is 171 Å². The van der Waals surface area contributed by atoms with Crippen LogP contribution in [-0.4, -0.2) is 0 Å². The van der Waals surface area contributed by atoms with Gasteiger partial charge in [0, 0.05) is 43.1 Å². The highest BCUT2D eigenvalue weighted by atomic mass is 32.2. The maximum Gasteiger partial charge on any atom is 0.0630 e. The first-order valence-corrected chi connectivity index (χ1v) is 25.5. The first-order chi connectivity index (χ1) is 31.4. The molecule has 1 nitrogen and oxygen atoms in total. The third-order valence-electron chi connectivity index (χ3n) is 18.0. The molecule has 0 saturated heterocycles. The van der Waals surface area contributed by atoms with E-state index in [2.05, 4.69) is 210 Å². The number of anilines is 3. The van der Waals surface area contributed by atoms with E-state index >= 15 is 0 Å². The van der Waals surface area contributed by atoms with E-state index in [0.29, 0.717) is 11.8 Å². The molecule has 7 aromatic carbocycles. The zero-order valence-corrected chi connectivity index (χ0v) is 39.9. The van der Waals surface area contributed by atoms with Crippen molar-refractivity contribution in [3.8, 4) is 33.4 Å². The minimum absolute atomic E-state index is 0.00812. The molecular formula is C63H61NS. The van der Waals surface area contributed by atoms with E-state index in [-0.39, 0.29) is 21.7 Å². The molecule has 4 fully saturated rings. The van der Waals surface area contributed by atoms with Gasteiger partial charge in [-0.15, -0.1) is 0 Å². The summed E-state index contributed by atoms with van der Waals surface area (Å²) in [6.45, 7) is 14.7. The number of fused-ring (bicyclic) bond motifs is 6. The number of nitrogens with zero attached hydrogens (tertiary/aromatic N) is 1. The summed E-state index contributed by atoms with van der Waals surface area (Å²) in [5, 5.41) is 0. The number of benzene rings is 7. The monoisotopic (exact) mass is 863 g/mol. The standard InChI is InChI=1S/C63H61NS/c1-60(2)29-30-61(3,4)54-37-46(26-28-51(54)60)64(45-25-27-48-47-21-13-14-22-50(47)62(5,6)53(48)36-45)58-49(41-17-9-7-10-18-41)38-55-59(57(58)42-19-11-8-12-20-42)65-56-24-16-15-23-52(56)63(55)43-32-39-31-40(34-43)35-44(63)33-39/h7-28,36-40,43-44H,29-35H2,1-6H3. The molecule has 0 atom stereocenters. The van der Waals surface area contributed by atoms with Gasteiger partial charge in [0.25, 0.3) is 0 Å². The Balaban J connectivity index is 1.17. The van der Waals surface area contributed by atoms with Crippen LogP contribution in [0.5, 0.6) is 0 Å². The molecule has 0 unspecified atom stereocenters. The maximum absolute atomic E-state index is 2.75. The average molecular weight is 864 g/mol. The maximum atomic E-state index is 2.75. The van der Waals surface area contributed by atoms with Gasteiger partial charge in [0.15, 0.2) is 0 Å². The molecule has 65 heavy (non-hydrogen) atoms. The Morgan fingerprint density at radius 3 is 1.69 bits per heavy atom. The van der Waals surface area contributed by atoms with Gasteiger partial charge in [-0.25, -0.2) is 0 Å². The van der Waals surface area contributed by atoms with Crippen molar-refractivity contribution in [1.82, 2.24) is 0 Å². The lowest BCUT2D eigenvalue weighted by atomic mass is 9.42. The Hall–Kier alpha value is -5.31. The largest absolute Gasteiger partial charge is 0.309 e. The third-order valence-corrected chi connectivity index (χ3v) is 19.2. The quantitative estimate of drug-likeness (QED) is 0.170. The van der Waals surface area contributed by atoms with Crippen molar-refractivity contribution < 1.29 is 0 Å². The molecule has 4 saturated carbocycles. The molecule has 14 rings (SSSR count). The second kappa shape index (κ2) is 14.1. The minimum Gasteiger partial charge on any atom is -0.309 e. The van der Waals surface area contributed by atoms with Crippen molar-refractivity contribution in [2.75, 3.05) is 4.90 Å². The van der Waals surface area contributed by atoms with E-state index in [1.807, 2.05) is 0 Å². The average Bonchev–Trinajstić information content (AvgIpc) is 3.54. The van der Waals surface area contributed by atoms with Gasteiger partial charge in [-0.1, -0.05) is 169 Å². The molecular weight excluding hydrogens is 803 g/mol. The lowest BCUT2D eigenvalue weighted by Crippen LogP contribution is -2.57. The highest BCUT2D eigenvalue weighted by Crippen LogP contribution is 2.71. The van der Waals surface area contributed by atoms with Crippen LogP contribution in [0.25, 0.3) is 33.4 Å². The van der Waals surface area contributed by atoms with E-state index in [1.165, 1.54) is 127 Å². The molecule has 1 heterocycles. The topological polar surface area (TPSA) is 3.24 Å². The normalized spacial score (nSPS) is 25.3. The van der Waals surface area contributed by atoms with Crippen LogP contribution in [0.4, 0.5) is 17.1 Å². The lowest BCUT2D eigenvalue weighted by Gasteiger charge is -2.63. The van der Waals surface area contributed by atoms with Crippen LogP contribution in [0.1, 0.15) is 120 Å². The molecule has 2 heteroatoms. The van der Waals surface area contributed by atoms with Gasteiger partial charge in [0.2, 0.25) is 0 Å². The Labute approximate surface area is 391 Å². The molecule has 0 amide bonds. The highest BCUT2D eigenvalue weighted by molar-refractivity contribution is 7.99. The molecule has 0 radical (unpaired) electrons. The van der Waals surface area contributed by atoms with Gasteiger partial charge >= 0.3 is 0 Å². The second-order valence-corrected chi connectivity index (χ2v) is 23.8. The molecule has 4 bridgehead atoms. The fourth-order valence-electron chi connectivity index (χ4n) is 14.9. The van der Waals surface area contributed by atoms with E-state index in [0.717, 1.165) is 11.8 Å².